The molecule has 4 rings (SSSR count). The molecule has 0 unspecified atom stereocenters. The van der Waals surface area contributed by atoms with Crippen molar-refractivity contribution in [2.45, 2.75) is 52.5 Å². The van der Waals surface area contributed by atoms with Gasteiger partial charge in [-0.05, 0) is 44.1 Å². The van der Waals surface area contributed by atoms with Crippen molar-refractivity contribution in [3.8, 4) is 0 Å². The number of aryl methyl sites for hydroxylation is 1. The molecule has 1 aromatic carbocycles. The van der Waals surface area contributed by atoms with Crippen LogP contribution in [0.25, 0.3) is 0 Å². The molecule has 1 aromatic rings. The second-order valence-corrected chi connectivity index (χ2v) is 9.95. The molecule has 1 amide bonds. The van der Waals surface area contributed by atoms with Gasteiger partial charge in [0, 0.05) is 18.8 Å². The average Bonchev–Trinajstić information content (AvgIpc) is 3.29. The number of amidine groups is 1. The van der Waals surface area contributed by atoms with Crippen LogP contribution in [0.1, 0.15) is 56.7 Å². The van der Waals surface area contributed by atoms with Crippen LogP contribution in [-0.2, 0) is 23.9 Å². The van der Waals surface area contributed by atoms with Gasteiger partial charge in [0.15, 0.2) is 5.17 Å². The lowest BCUT2D eigenvalue weighted by Crippen LogP contribution is -2.44. The average molecular weight is 512 g/mol. The monoisotopic (exact) mass is 511 g/mol. The third-order valence-electron chi connectivity index (χ3n) is 6.75. The number of rotatable bonds is 7. The van der Waals surface area contributed by atoms with Gasteiger partial charge >= 0.3 is 11.9 Å². The van der Waals surface area contributed by atoms with E-state index >= 15 is 0 Å². The fraction of sp³-hybridized carbons (Fsp3) is 0.481. The van der Waals surface area contributed by atoms with E-state index in [1.807, 2.05) is 48.4 Å². The van der Waals surface area contributed by atoms with Gasteiger partial charge in [0.2, 0.25) is 5.91 Å². The second kappa shape index (κ2) is 11.3. The van der Waals surface area contributed by atoms with E-state index < -0.39 is 12.0 Å². The van der Waals surface area contributed by atoms with Crippen LogP contribution in [0.3, 0.4) is 0 Å². The number of methoxy groups -OCH3 is 1. The van der Waals surface area contributed by atoms with E-state index in [1.165, 1.54) is 18.9 Å². The number of carbonyl (C=O) groups is 3. The summed E-state index contributed by atoms with van der Waals surface area (Å²) < 4.78 is 10.4. The SMILES string of the molecule is CCOC(=O)[C@@H]1CCCN(C(=O)CC2=CSC3=NC(CC)=C(C(=O)OC)[C@H](c4ccc(C)cc4)N23)C1. The molecule has 0 radical (unpaired) electrons. The molecule has 0 aromatic heterocycles. The largest absolute Gasteiger partial charge is 0.466 e. The van der Waals surface area contributed by atoms with E-state index in [1.54, 1.807) is 11.8 Å². The Morgan fingerprint density at radius 1 is 1.17 bits per heavy atom. The third-order valence-corrected chi connectivity index (χ3v) is 7.64. The Morgan fingerprint density at radius 3 is 2.58 bits per heavy atom. The Labute approximate surface area is 216 Å². The number of hydrogen-bond acceptors (Lipinski definition) is 8. The molecule has 8 nitrogen and oxygen atoms in total. The van der Waals surface area contributed by atoms with E-state index in [2.05, 4.69) is 0 Å². The van der Waals surface area contributed by atoms with Crippen molar-refractivity contribution >= 4 is 34.8 Å². The number of piperidine rings is 1. The van der Waals surface area contributed by atoms with Gasteiger partial charge in [-0.25, -0.2) is 9.79 Å². The molecule has 36 heavy (non-hydrogen) atoms. The minimum absolute atomic E-state index is 0.0513. The van der Waals surface area contributed by atoms with Crippen LogP contribution in [0.5, 0.6) is 0 Å². The molecule has 3 aliphatic rings. The maximum Gasteiger partial charge on any atom is 0.338 e. The zero-order chi connectivity index (χ0) is 25.8. The lowest BCUT2D eigenvalue weighted by molar-refractivity contribution is -0.151. The van der Waals surface area contributed by atoms with E-state index in [0.29, 0.717) is 37.4 Å². The van der Waals surface area contributed by atoms with Crippen LogP contribution in [0.2, 0.25) is 0 Å². The van der Waals surface area contributed by atoms with Crippen molar-refractivity contribution in [2.75, 3.05) is 26.8 Å². The highest BCUT2D eigenvalue weighted by molar-refractivity contribution is 8.16. The van der Waals surface area contributed by atoms with Gasteiger partial charge in [-0.3, -0.25) is 9.59 Å². The van der Waals surface area contributed by atoms with E-state index in [4.69, 9.17) is 14.5 Å². The van der Waals surface area contributed by atoms with Crippen molar-refractivity contribution in [1.29, 1.82) is 0 Å². The molecule has 0 spiro atoms. The number of benzene rings is 1. The van der Waals surface area contributed by atoms with Gasteiger partial charge in [-0.1, -0.05) is 48.5 Å². The summed E-state index contributed by atoms with van der Waals surface area (Å²) >= 11 is 1.46. The maximum absolute atomic E-state index is 13.4. The minimum Gasteiger partial charge on any atom is -0.466 e. The van der Waals surface area contributed by atoms with Gasteiger partial charge in [0.05, 0.1) is 43.4 Å². The standard InChI is InChI=1S/C27H33N3O5S/c1-5-21-23(26(33)34-4)24(18-11-9-17(3)10-12-18)30-20(16-36-27(30)28-21)14-22(31)29-13-7-8-19(15-29)25(32)35-6-2/h9-12,16,19,24H,5-8,13-15H2,1-4H3/t19-,24+/m1/s1. The summed E-state index contributed by atoms with van der Waals surface area (Å²) in [5.41, 5.74) is 4.02. The van der Waals surface area contributed by atoms with Gasteiger partial charge in [-0.15, -0.1) is 0 Å². The first kappa shape index (κ1) is 26.0. The highest BCUT2D eigenvalue weighted by Crippen LogP contribution is 2.45. The molecule has 0 N–H and O–H groups in total. The zero-order valence-electron chi connectivity index (χ0n) is 21.3. The van der Waals surface area contributed by atoms with E-state index in [-0.39, 0.29) is 24.2 Å². The number of amides is 1. The van der Waals surface area contributed by atoms with Crippen molar-refractivity contribution in [2.24, 2.45) is 10.9 Å². The van der Waals surface area contributed by atoms with E-state index in [0.717, 1.165) is 34.8 Å². The number of fused-ring (bicyclic) bond motifs is 1. The van der Waals surface area contributed by atoms with Crippen LogP contribution >= 0.6 is 11.8 Å². The fourth-order valence-electron chi connectivity index (χ4n) is 4.90. The van der Waals surface area contributed by atoms with Gasteiger partial charge in [-0.2, -0.15) is 0 Å². The Hall–Kier alpha value is -3.07. The van der Waals surface area contributed by atoms with Crippen LogP contribution in [0.4, 0.5) is 0 Å². The number of thioether (sulfide) groups is 1. The number of nitrogens with zero attached hydrogens (tertiary/aromatic N) is 3. The van der Waals surface area contributed by atoms with Gasteiger partial charge in [0.25, 0.3) is 0 Å². The Kier molecular flexibility index (Phi) is 8.18. The molecular formula is C27H33N3O5S. The predicted molar refractivity (Wildman–Crippen MR) is 139 cm³/mol. The molecule has 3 aliphatic heterocycles. The van der Waals surface area contributed by atoms with Crippen LogP contribution in [0.15, 0.2) is 51.6 Å². The Morgan fingerprint density at radius 2 is 1.92 bits per heavy atom. The summed E-state index contributed by atoms with van der Waals surface area (Å²) in [5.74, 6) is -1.00. The molecule has 1 saturated heterocycles. The number of allylic oxidation sites excluding steroid dienone is 1. The maximum atomic E-state index is 13.4. The predicted octanol–water partition coefficient (Wildman–Crippen LogP) is 4.32. The Balaban J connectivity index is 1.61. The first-order valence-electron chi connectivity index (χ1n) is 12.4. The normalized spacial score (nSPS) is 21.6. The molecule has 9 heteroatoms. The van der Waals surface area contributed by atoms with E-state index in [9.17, 15) is 14.4 Å². The number of esters is 2. The summed E-state index contributed by atoms with van der Waals surface area (Å²) in [6.07, 6.45) is 2.23. The quantitative estimate of drug-likeness (QED) is 0.504. The molecule has 3 heterocycles. The minimum atomic E-state index is -0.441. The smallest absolute Gasteiger partial charge is 0.338 e. The lowest BCUT2D eigenvalue weighted by atomic mass is 9.92. The van der Waals surface area contributed by atoms with Crippen LogP contribution in [-0.4, -0.2) is 59.6 Å². The molecule has 192 valence electrons. The highest BCUT2D eigenvalue weighted by Gasteiger charge is 2.42. The molecule has 2 atom stereocenters. The van der Waals surface area contributed by atoms with Crippen LogP contribution in [0, 0.1) is 12.8 Å². The topological polar surface area (TPSA) is 88.5 Å². The fourth-order valence-corrected chi connectivity index (χ4v) is 5.84. The molecule has 0 saturated carbocycles. The van der Waals surface area contributed by atoms with Gasteiger partial charge in [0.1, 0.15) is 0 Å². The lowest BCUT2D eigenvalue weighted by Gasteiger charge is -2.37. The summed E-state index contributed by atoms with van der Waals surface area (Å²) in [4.78, 5) is 47.2. The zero-order valence-corrected chi connectivity index (χ0v) is 22.1. The van der Waals surface area contributed by atoms with Crippen molar-refractivity contribution in [3.63, 3.8) is 0 Å². The van der Waals surface area contributed by atoms with Crippen LogP contribution < -0.4 is 0 Å². The highest BCUT2D eigenvalue weighted by atomic mass is 32.2. The number of ether oxygens (including phenoxy) is 2. The Bertz CT molecular complexity index is 1120. The number of likely N-dealkylation sites (tertiary alicyclic amines) is 1. The molecular weight excluding hydrogens is 478 g/mol. The number of aliphatic imine (C=N–C) groups is 1. The molecule has 1 fully saturated rings. The third kappa shape index (κ3) is 5.21. The van der Waals surface area contributed by atoms with Gasteiger partial charge < -0.3 is 19.3 Å². The summed E-state index contributed by atoms with van der Waals surface area (Å²) in [7, 11) is 1.38. The first-order valence-corrected chi connectivity index (χ1v) is 13.3. The van der Waals surface area contributed by atoms with Crippen molar-refractivity contribution in [3.05, 3.63) is 57.8 Å². The summed E-state index contributed by atoms with van der Waals surface area (Å²) in [6.45, 7) is 7.10. The first-order chi connectivity index (χ1) is 17.4. The summed E-state index contributed by atoms with van der Waals surface area (Å²) in [6, 6.07) is 7.61. The van der Waals surface area contributed by atoms with Crippen molar-refractivity contribution in [1.82, 2.24) is 9.80 Å². The molecule has 0 aliphatic carbocycles. The number of carbonyl (C=O) groups excluding carboxylic acids is 3. The second-order valence-electron chi connectivity index (χ2n) is 9.12. The number of hydrogen-bond donors (Lipinski definition) is 0. The molecule has 0 bridgehead atoms. The summed E-state index contributed by atoms with van der Waals surface area (Å²) in [5, 5.41) is 2.69. The van der Waals surface area contributed by atoms with Crippen molar-refractivity contribution < 1.29 is 23.9 Å².